The molecular formula is C5H13ClMgOSi. The predicted molar refractivity (Wildman–Crippen MR) is 40.3 cm³/mol. The summed E-state index contributed by atoms with van der Waals surface area (Å²) in [7, 11) is -0.978. The third-order valence-corrected chi connectivity index (χ3v) is 1.51. The Morgan fingerprint density at radius 2 is 1.78 bits per heavy atom. The maximum atomic E-state index is 5.28. The van der Waals surface area contributed by atoms with Crippen molar-refractivity contribution in [3.05, 3.63) is 6.55 Å². The van der Waals surface area contributed by atoms with E-state index >= 15 is 0 Å². The second kappa shape index (κ2) is 9.23. The second-order valence-electron chi connectivity index (χ2n) is 2.00. The zero-order chi connectivity index (χ0) is 5.86. The molecule has 0 aromatic rings. The van der Waals surface area contributed by atoms with Gasteiger partial charge in [0.2, 0.25) is 0 Å². The summed E-state index contributed by atoms with van der Waals surface area (Å²) in [6.45, 7) is 9.94. The molecule has 0 radical (unpaired) electrons. The summed E-state index contributed by atoms with van der Waals surface area (Å²) in [5, 5.41) is 0. The molecule has 0 aromatic heterocycles. The molecule has 0 amide bonds. The molecule has 0 aliphatic rings. The Morgan fingerprint density at radius 1 is 1.44 bits per heavy atom. The Labute approximate surface area is 81.8 Å². The van der Waals surface area contributed by atoms with Gasteiger partial charge in [-0.15, -0.1) is 0 Å². The van der Waals surface area contributed by atoms with Crippen LogP contribution in [0, 0.1) is 6.55 Å². The fraction of sp³-hybridized carbons (Fsp3) is 0.800. The molecule has 0 N–H and O–H groups in total. The summed E-state index contributed by atoms with van der Waals surface area (Å²) in [5.41, 5.74) is 0. The molecule has 0 aliphatic heterocycles. The van der Waals surface area contributed by atoms with Crippen LogP contribution >= 0.6 is 0 Å². The van der Waals surface area contributed by atoms with Gasteiger partial charge in [0.25, 0.3) is 0 Å². The van der Waals surface area contributed by atoms with Gasteiger partial charge in [-0.1, -0.05) is 6.55 Å². The van der Waals surface area contributed by atoms with Gasteiger partial charge in [0.05, 0.1) is 0 Å². The zero-order valence-electron chi connectivity index (χ0n) is 6.36. The standard InChI is InChI=1S/C5H13OSi.ClH.Mg/c1-5(2)6-7(3)4;;/h5,7H,3H2,1-2,4H3;1H;/q-1;;+2/p-1. The van der Waals surface area contributed by atoms with Crippen molar-refractivity contribution in [1.82, 2.24) is 0 Å². The summed E-state index contributed by atoms with van der Waals surface area (Å²) in [4.78, 5) is 0. The van der Waals surface area contributed by atoms with E-state index in [1.54, 1.807) is 0 Å². The van der Waals surface area contributed by atoms with Crippen molar-refractivity contribution in [1.29, 1.82) is 0 Å². The van der Waals surface area contributed by atoms with Crippen molar-refractivity contribution in [2.75, 3.05) is 0 Å². The van der Waals surface area contributed by atoms with Crippen LogP contribution in [0.3, 0.4) is 0 Å². The van der Waals surface area contributed by atoms with Crippen molar-refractivity contribution in [2.24, 2.45) is 0 Å². The first kappa shape index (κ1) is 16.7. The van der Waals surface area contributed by atoms with E-state index in [9.17, 15) is 0 Å². The summed E-state index contributed by atoms with van der Waals surface area (Å²) in [6.07, 6.45) is 0.374. The van der Waals surface area contributed by atoms with E-state index in [1.165, 1.54) is 0 Å². The molecule has 0 saturated carbocycles. The van der Waals surface area contributed by atoms with Gasteiger partial charge in [0, 0.05) is 15.1 Å². The van der Waals surface area contributed by atoms with Gasteiger partial charge in [0.15, 0.2) is 0 Å². The van der Waals surface area contributed by atoms with Gasteiger partial charge in [-0.05, 0) is 13.8 Å². The zero-order valence-corrected chi connectivity index (χ0v) is 9.68. The molecule has 0 aliphatic carbocycles. The number of hydrogen-bond acceptors (Lipinski definition) is 1. The molecule has 1 atom stereocenters. The Morgan fingerprint density at radius 3 is 1.78 bits per heavy atom. The average Bonchev–Trinajstić information content (AvgIpc) is 1.27. The van der Waals surface area contributed by atoms with Crippen LogP contribution in [-0.2, 0) is 4.43 Å². The molecule has 0 bridgehead atoms. The van der Waals surface area contributed by atoms with Crippen molar-refractivity contribution in [2.45, 2.75) is 26.5 Å². The first-order chi connectivity index (χ1) is 3.13. The molecule has 0 saturated heterocycles. The second-order valence-corrected chi connectivity index (χ2v) is 3.89. The number of halogens is 1. The Hall–Kier alpha value is 1.23. The van der Waals surface area contributed by atoms with E-state index in [0.29, 0.717) is 6.10 Å². The first-order valence-corrected chi connectivity index (χ1v) is 5.05. The Kier molecular flexibility index (Phi) is 17.1. The molecular weight excluding hydrogens is 164 g/mol. The van der Waals surface area contributed by atoms with Crippen LogP contribution in [0.25, 0.3) is 0 Å². The van der Waals surface area contributed by atoms with E-state index in [1.807, 2.05) is 13.8 Å². The molecule has 0 heterocycles. The SMILES string of the molecule is [CH2-][SiH](C)OC(C)C.[Cl-].[Mg+2]. The van der Waals surface area contributed by atoms with Crippen LogP contribution < -0.4 is 12.4 Å². The van der Waals surface area contributed by atoms with E-state index < -0.39 is 9.04 Å². The Bertz CT molecular complexity index is 46.2. The van der Waals surface area contributed by atoms with Crippen LogP contribution in [0.2, 0.25) is 6.55 Å². The van der Waals surface area contributed by atoms with Crippen LogP contribution in [0.4, 0.5) is 0 Å². The largest absolute Gasteiger partial charge is 2.00 e. The van der Waals surface area contributed by atoms with Gasteiger partial charge < -0.3 is 23.4 Å². The smallest absolute Gasteiger partial charge is 1.00 e. The van der Waals surface area contributed by atoms with Crippen LogP contribution in [0.5, 0.6) is 0 Å². The van der Waals surface area contributed by atoms with E-state index in [4.69, 9.17) is 4.43 Å². The van der Waals surface area contributed by atoms with E-state index in [2.05, 4.69) is 13.1 Å². The topological polar surface area (TPSA) is 9.23 Å². The van der Waals surface area contributed by atoms with E-state index in [-0.39, 0.29) is 35.5 Å². The summed E-state index contributed by atoms with van der Waals surface area (Å²) in [6, 6.07) is 0. The summed E-state index contributed by atoms with van der Waals surface area (Å²) in [5.74, 6) is 0. The summed E-state index contributed by atoms with van der Waals surface area (Å²) >= 11 is 0. The maximum absolute atomic E-state index is 5.28. The number of hydrogen-bond donors (Lipinski definition) is 0. The van der Waals surface area contributed by atoms with Crippen molar-refractivity contribution in [3.8, 4) is 0 Å². The maximum Gasteiger partial charge on any atom is 2.00 e. The summed E-state index contributed by atoms with van der Waals surface area (Å²) < 4.78 is 5.28. The third-order valence-electron chi connectivity index (χ3n) is 0.504. The molecule has 0 aromatic carbocycles. The molecule has 0 rings (SSSR count). The molecule has 9 heavy (non-hydrogen) atoms. The average molecular weight is 177 g/mol. The van der Waals surface area contributed by atoms with Crippen LogP contribution in [-0.4, -0.2) is 38.2 Å². The van der Waals surface area contributed by atoms with Gasteiger partial charge in [-0.2, -0.15) is 0 Å². The van der Waals surface area contributed by atoms with Crippen molar-refractivity contribution >= 4 is 32.1 Å². The molecule has 52 valence electrons. The molecule has 1 unspecified atom stereocenters. The van der Waals surface area contributed by atoms with Crippen molar-refractivity contribution in [3.63, 3.8) is 0 Å². The third kappa shape index (κ3) is 17.6. The normalized spacial score (nSPS) is 11.7. The van der Waals surface area contributed by atoms with Gasteiger partial charge in [-0.25, -0.2) is 0 Å². The Balaban J connectivity index is -0.000000180. The van der Waals surface area contributed by atoms with Crippen LogP contribution in [0.1, 0.15) is 13.8 Å². The quantitative estimate of drug-likeness (QED) is 0.342. The fourth-order valence-corrected chi connectivity index (χ4v) is 1.39. The molecule has 4 heteroatoms. The fourth-order valence-electron chi connectivity index (χ4n) is 0.465. The van der Waals surface area contributed by atoms with E-state index in [0.717, 1.165) is 0 Å². The van der Waals surface area contributed by atoms with Gasteiger partial charge in [0.1, 0.15) is 0 Å². The molecule has 0 spiro atoms. The number of rotatable bonds is 2. The minimum Gasteiger partial charge on any atom is -1.00 e. The monoisotopic (exact) mass is 176 g/mol. The van der Waals surface area contributed by atoms with Crippen LogP contribution in [0.15, 0.2) is 0 Å². The predicted octanol–water partition coefficient (Wildman–Crippen LogP) is -2.24. The minimum atomic E-state index is -0.978. The minimum absolute atomic E-state index is 0. The van der Waals surface area contributed by atoms with Crippen molar-refractivity contribution < 1.29 is 16.8 Å². The van der Waals surface area contributed by atoms with Gasteiger partial charge >= 0.3 is 23.1 Å². The molecule has 0 fully saturated rings. The molecule has 1 nitrogen and oxygen atoms in total. The van der Waals surface area contributed by atoms with Gasteiger partial charge in [-0.3, -0.25) is 0 Å². The first-order valence-electron chi connectivity index (χ1n) is 2.61.